The van der Waals surface area contributed by atoms with Crippen LogP contribution in [-0.4, -0.2) is 16.0 Å². The van der Waals surface area contributed by atoms with E-state index in [1.165, 1.54) is 11.8 Å². The second-order valence-corrected chi connectivity index (χ2v) is 6.40. The fraction of sp³-hybridized carbons (Fsp3) is 0.235. The Morgan fingerprint density at radius 1 is 1.21 bits per heavy atom. The third-order valence-electron chi connectivity index (χ3n) is 3.45. The van der Waals surface area contributed by atoms with Gasteiger partial charge in [0.25, 0.3) is 5.22 Å². The summed E-state index contributed by atoms with van der Waals surface area (Å²) in [5.74, 6) is 1.55. The van der Waals surface area contributed by atoms with Crippen LogP contribution in [0.15, 0.2) is 50.6 Å². The summed E-state index contributed by atoms with van der Waals surface area (Å²) >= 11 is 1.26. The van der Waals surface area contributed by atoms with Crippen molar-refractivity contribution in [3.05, 3.63) is 59.2 Å². The van der Waals surface area contributed by atoms with E-state index in [9.17, 15) is 4.79 Å². The first-order valence-electron chi connectivity index (χ1n) is 7.43. The zero-order valence-electron chi connectivity index (χ0n) is 13.6. The highest BCUT2D eigenvalue weighted by molar-refractivity contribution is 8.00. The maximum atomic E-state index is 12.7. The molecule has 1 N–H and O–H groups in total. The lowest BCUT2D eigenvalue weighted by atomic mass is 10.1. The Labute approximate surface area is 143 Å². The van der Waals surface area contributed by atoms with Crippen molar-refractivity contribution in [1.82, 2.24) is 10.1 Å². The molecule has 1 amide bonds. The van der Waals surface area contributed by atoms with E-state index < -0.39 is 5.25 Å². The van der Waals surface area contributed by atoms with Crippen LogP contribution in [0.5, 0.6) is 0 Å². The maximum Gasteiger partial charge on any atom is 0.257 e. The number of carbonyl (C=O) groups is 1. The van der Waals surface area contributed by atoms with Gasteiger partial charge in [0.1, 0.15) is 16.8 Å². The molecule has 0 saturated heterocycles. The van der Waals surface area contributed by atoms with Gasteiger partial charge in [-0.15, -0.1) is 0 Å². The first-order valence-corrected chi connectivity index (χ1v) is 8.30. The number of nitrogens with zero attached hydrogens (tertiary/aromatic N) is 2. The Kier molecular flexibility index (Phi) is 4.71. The average Bonchev–Trinajstić information content (AvgIpc) is 3.11. The molecular formula is C17H17N3O3S. The summed E-state index contributed by atoms with van der Waals surface area (Å²) in [4.78, 5) is 17.1. The molecule has 0 aliphatic heterocycles. The maximum absolute atomic E-state index is 12.7. The lowest BCUT2D eigenvalue weighted by Crippen LogP contribution is -2.19. The van der Waals surface area contributed by atoms with Crippen LogP contribution < -0.4 is 5.32 Å². The van der Waals surface area contributed by atoms with Crippen LogP contribution in [0, 0.1) is 20.8 Å². The van der Waals surface area contributed by atoms with Crippen molar-refractivity contribution in [2.24, 2.45) is 0 Å². The standard InChI is InChI=1S/C17H17N3O3S/c1-10-9-14(20-23-10)19-16(21)15(13-7-5-4-6-8-13)24-17-18-11(2)12(3)22-17/h4-9,15H,1-3H3,(H,19,20,21)/t15-/m0/s1. The number of nitrogens with one attached hydrogen (secondary N) is 1. The minimum absolute atomic E-state index is 0.215. The van der Waals surface area contributed by atoms with Gasteiger partial charge in [-0.2, -0.15) is 0 Å². The van der Waals surface area contributed by atoms with E-state index in [-0.39, 0.29) is 5.91 Å². The molecule has 0 spiro atoms. The first kappa shape index (κ1) is 16.3. The van der Waals surface area contributed by atoms with Crippen LogP contribution in [0.4, 0.5) is 5.82 Å². The molecule has 1 aromatic carbocycles. The average molecular weight is 343 g/mol. The summed E-state index contributed by atoms with van der Waals surface area (Å²) in [7, 11) is 0. The van der Waals surface area contributed by atoms with Crippen LogP contribution in [0.25, 0.3) is 0 Å². The third kappa shape index (κ3) is 3.68. The number of oxazole rings is 1. The highest BCUT2D eigenvalue weighted by atomic mass is 32.2. The van der Waals surface area contributed by atoms with Gasteiger partial charge >= 0.3 is 0 Å². The lowest BCUT2D eigenvalue weighted by Gasteiger charge is -2.14. The van der Waals surface area contributed by atoms with E-state index in [1.54, 1.807) is 13.0 Å². The van der Waals surface area contributed by atoms with Crippen molar-refractivity contribution in [2.75, 3.05) is 5.32 Å². The van der Waals surface area contributed by atoms with Gasteiger partial charge in [0.15, 0.2) is 5.82 Å². The van der Waals surface area contributed by atoms with Gasteiger partial charge in [-0.3, -0.25) is 4.79 Å². The van der Waals surface area contributed by atoms with Gasteiger partial charge in [0, 0.05) is 6.07 Å². The number of amides is 1. The Morgan fingerprint density at radius 2 is 1.96 bits per heavy atom. The summed E-state index contributed by atoms with van der Waals surface area (Å²) in [5.41, 5.74) is 1.67. The highest BCUT2D eigenvalue weighted by Crippen LogP contribution is 2.36. The number of hydrogen-bond donors (Lipinski definition) is 1. The summed E-state index contributed by atoms with van der Waals surface area (Å²) in [5, 5.41) is 6.52. The van der Waals surface area contributed by atoms with E-state index in [2.05, 4.69) is 15.5 Å². The molecular weight excluding hydrogens is 326 g/mol. The Hall–Kier alpha value is -2.54. The van der Waals surface area contributed by atoms with Gasteiger partial charge in [-0.1, -0.05) is 35.5 Å². The van der Waals surface area contributed by atoms with E-state index in [4.69, 9.17) is 8.94 Å². The second kappa shape index (κ2) is 6.92. The molecule has 3 rings (SSSR count). The van der Waals surface area contributed by atoms with E-state index in [0.717, 1.165) is 17.0 Å². The first-order chi connectivity index (χ1) is 11.5. The molecule has 0 bridgehead atoms. The minimum atomic E-state index is -0.513. The van der Waals surface area contributed by atoms with Crippen LogP contribution in [0.2, 0.25) is 0 Å². The third-order valence-corrected chi connectivity index (χ3v) is 4.55. The summed E-state index contributed by atoms with van der Waals surface area (Å²) in [6.45, 7) is 5.49. The fourth-order valence-corrected chi connectivity index (χ4v) is 3.14. The molecule has 0 radical (unpaired) electrons. The van der Waals surface area contributed by atoms with E-state index in [0.29, 0.717) is 16.8 Å². The van der Waals surface area contributed by atoms with Gasteiger partial charge in [-0.25, -0.2) is 4.98 Å². The van der Waals surface area contributed by atoms with E-state index >= 15 is 0 Å². The molecule has 1 atom stereocenters. The van der Waals surface area contributed by atoms with Crippen LogP contribution in [0.1, 0.15) is 28.0 Å². The zero-order valence-corrected chi connectivity index (χ0v) is 14.4. The quantitative estimate of drug-likeness (QED) is 0.704. The number of benzene rings is 1. The van der Waals surface area contributed by atoms with Crippen molar-refractivity contribution < 1.29 is 13.7 Å². The van der Waals surface area contributed by atoms with Crippen molar-refractivity contribution in [1.29, 1.82) is 0 Å². The number of carbonyl (C=O) groups excluding carboxylic acids is 1. The SMILES string of the molecule is Cc1cc(NC(=O)[C@@H](Sc2nc(C)c(C)o2)c2ccccc2)no1. The van der Waals surface area contributed by atoms with Gasteiger partial charge in [0.05, 0.1) is 5.69 Å². The molecule has 3 aromatic rings. The van der Waals surface area contributed by atoms with Crippen LogP contribution in [0.3, 0.4) is 0 Å². The summed E-state index contributed by atoms with van der Waals surface area (Å²) < 4.78 is 10.6. The van der Waals surface area contributed by atoms with Gasteiger partial charge < -0.3 is 14.3 Å². The molecule has 6 nitrogen and oxygen atoms in total. The molecule has 0 fully saturated rings. The smallest absolute Gasteiger partial charge is 0.257 e. The Morgan fingerprint density at radius 3 is 2.54 bits per heavy atom. The number of hydrogen-bond acceptors (Lipinski definition) is 6. The fourth-order valence-electron chi connectivity index (χ4n) is 2.11. The van der Waals surface area contributed by atoms with Gasteiger partial charge in [-0.05, 0) is 38.1 Å². The summed E-state index contributed by atoms with van der Waals surface area (Å²) in [6, 6.07) is 11.2. The topological polar surface area (TPSA) is 81.2 Å². The molecule has 0 unspecified atom stereocenters. The molecule has 0 saturated carbocycles. The van der Waals surface area contributed by atoms with Crippen molar-refractivity contribution in [3.63, 3.8) is 0 Å². The monoisotopic (exact) mass is 343 g/mol. The Bertz CT molecular complexity index is 822. The lowest BCUT2D eigenvalue weighted by molar-refractivity contribution is -0.115. The van der Waals surface area contributed by atoms with Crippen molar-refractivity contribution >= 4 is 23.5 Å². The number of aromatic nitrogens is 2. The van der Waals surface area contributed by atoms with Gasteiger partial charge in [0.2, 0.25) is 5.91 Å². The molecule has 0 aliphatic rings. The van der Waals surface area contributed by atoms with Crippen LogP contribution >= 0.6 is 11.8 Å². The zero-order chi connectivity index (χ0) is 17.1. The van der Waals surface area contributed by atoms with Crippen molar-refractivity contribution in [3.8, 4) is 0 Å². The number of rotatable bonds is 5. The molecule has 124 valence electrons. The molecule has 7 heteroatoms. The van der Waals surface area contributed by atoms with Crippen LogP contribution in [-0.2, 0) is 4.79 Å². The van der Waals surface area contributed by atoms with E-state index in [1.807, 2.05) is 44.2 Å². The summed E-state index contributed by atoms with van der Waals surface area (Å²) in [6.07, 6.45) is 0. The number of thioether (sulfide) groups is 1. The molecule has 0 aliphatic carbocycles. The molecule has 24 heavy (non-hydrogen) atoms. The predicted octanol–water partition coefficient (Wildman–Crippen LogP) is 4.06. The number of anilines is 1. The predicted molar refractivity (Wildman–Crippen MR) is 90.9 cm³/mol. The number of aryl methyl sites for hydroxylation is 3. The molecule has 2 heterocycles. The molecule has 2 aromatic heterocycles. The normalized spacial score (nSPS) is 12.1. The highest BCUT2D eigenvalue weighted by Gasteiger charge is 2.25. The second-order valence-electron chi connectivity index (χ2n) is 5.34. The minimum Gasteiger partial charge on any atom is -0.437 e. The Balaban J connectivity index is 1.85. The van der Waals surface area contributed by atoms with Crippen molar-refractivity contribution in [2.45, 2.75) is 31.2 Å². The largest absolute Gasteiger partial charge is 0.437 e.